The van der Waals surface area contributed by atoms with Gasteiger partial charge in [-0.05, 0) is 5.56 Å². The van der Waals surface area contributed by atoms with Gasteiger partial charge in [-0.25, -0.2) is 0 Å². The van der Waals surface area contributed by atoms with E-state index >= 15 is 0 Å². The van der Waals surface area contributed by atoms with E-state index in [0.717, 1.165) is 23.9 Å². The van der Waals surface area contributed by atoms with Crippen molar-refractivity contribution in [1.82, 2.24) is 14.8 Å². The maximum atomic E-state index is 4.26. The number of nitrogens with zero attached hydrogens (tertiary/aromatic N) is 3. The number of hydrogen-bond acceptors (Lipinski definition) is 3. The van der Waals surface area contributed by atoms with Crippen LogP contribution in [0, 0.1) is 0 Å². The molecular formula is C12H13N3S. The zero-order chi connectivity index (χ0) is 11.0. The Hall–Kier alpha value is -1.29. The first-order valence-corrected chi connectivity index (χ1v) is 6.33. The Balaban J connectivity index is 1.87. The lowest BCUT2D eigenvalue weighted by molar-refractivity contribution is 0.640. The van der Waals surface area contributed by atoms with Gasteiger partial charge in [0.05, 0.1) is 0 Å². The van der Waals surface area contributed by atoms with E-state index in [-0.39, 0.29) is 0 Å². The molecule has 0 radical (unpaired) electrons. The van der Waals surface area contributed by atoms with Gasteiger partial charge in [-0.15, -0.1) is 10.2 Å². The molecule has 2 heterocycles. The first-order chi connectivity index (χ1) is 7.83. The van der Waals surface area contributed by atoms with Gasteiger partial charge < -0.3 is 4.57 Å². The van der Waals surface area contributed by atoms with Crippen molar-refractivity contribution in [1.29, 1.82) is 0 Å². The number of thioether (sulfide) groups is 1. The van der Waals surface area contributed by atoms with Crippen LogP contribution in [0.4, 0.5) is 0 Å². The second-order valence-corrected chi connectivity index (χ2v) is 5.51. The molecule has 0 unspecified atom stereocenters. The molecule has 0 aliphatic carbocycles. The Morgan fingerprint density at radius 3 is 2.94 bits per heavy atom. The summed E-state index contributed by atoms with van der Waals surface area (Å²) in [5, 5.41) is 10.2. The van der Waals surface area contributed by atoms with Crippen molar-refractivity contribution >= 4 is 11.8 Å². The largest absolute Gasteiger partial charge is 0.305 e. The molecule has 1 aromatic carbocycles. The van der Waals surface area contributed by atoms with Crippen LogP contribution in [0.25, 0.3) is 0 Å². The predicted molar refractivity (Wildman–Crippen MR) is 64.6 cm³/mol. The monoisotopic (exact) mass is 231 g/mol. The van der Waals surface area contributed by atoms with Gasteiger partial charge in [0.15, 0.2) is 5.16 Å². The standard InChI is InChI=1S/C12H13N3S/c1-9-8-15-11(13-14-12(15)16-9)7-10-5-3-2-4-6-10/h2-6,9H,7-8H2,1H3/t9-/m0/s1. The number of hydrogen-bond donors (Lipinski definition) is 0. The Morgan fingerprint density at radius 1 is 1.31 bits per heavy atom. The summed E-state index contributed by atoms with van der Waals surface area (Å²) in [6.07, 6.45) is 0.876. The normalized spacial score (nSPS) is 18.7. The van der Waals surface area contributed by atoms with Gasteiger partial charge in [-0.3, -0.25) is 0 Å². The van der Waals surface area contributed by atoms with Crippen LogP contribution in [0.3, 0.4) is 0 Å². The number of rotatable bonds is 2. The maximum absolute atomic E-state index is 4.26. The molecule has 3 rings (SSSR count). The smallest absolute Gasteiger partial charge is 0.191 e. The van der Waals surface area contributed by atoms with Crippen LogP contribution >= 0.6 is 11.8 Å². The summed E-state index contributed by atoms with van der Waals surface area (Å²) < 4.78 is 2.24. The van der Waals surface area contributed by atoms with E-state index in [2.05, 4.69) is 46.0 Å². The molecule has 0 bridgehead atoms. The Bertz CT molecular complexity index is 492. The average molecular weight is 231 g/mol. The highest BCUT2D eigenvalue weighted by Crippen LogP contribution is 2.31. The fourth-order valence-electron chi connectivity index (χ4n) is 1.97. The van der Waals surface area contributed by atoms with E-state index in [1.807, 2.05) is 17.8 Å². The minimum Gasteiger partial charge on any atom is -0.305 e. The molecule has 1 aromatic heterocycles. The first kappa shape index (κ1) is 9.90. The molecular weight excluding hydrogens is 218 g/mol. The SMILES string of the molecule is C[C@H]1Cn2c(Cc3ccccc3)nnc2S1. The van der Waals surface area contributed by atoms with E-state index < -0.39 is 0 Å². The molecule has 0 spiro atoms. The molecule has 2 aromatic rings. The Labute approximate surface area is 98.9 Å². The van der Waals surface area contributed by atoms with Crippen LogP contribution in [-0.2, 0) is 13.0 Å². The van der Waals surface area contributed by atoms with Crippen LogP contribution < -0.4 is 0 Å². The third-order valence-corrected chi connectivity index (χ3v) is 3.81. The summed E-state index contributed by atoms with van der Waals surface area (Å²) in [5.41, 5.74) is 1.29. The quantitative estimate of drug-likeness (QED) is 0.795. The summed E-state index contributed by atoms with van der Waals surface area (Å²) >= 11 is 1.81. The zero-order valence-electron chi connectivity index (χ0n) is 9.13. The topological polar surface area (TPSA) is 30.7 Å². The second kappa shape index (κ2) is 3.94. The molecule has 16 heavy (non-hydrogen) atoms. The fourth-order valence-corrected chi connectivity index (χ4v) is 2.95. The molecule has 3 nitrogen and oxygen atoms in total. The molecule has 0 saturated carbocycles. The molecule has 82 valence electrons. The van der Waals surface area contributed by atoms with Crippen molar-refractivity contribution in [2.75, 3.05) is 0 Å². The van der Waals surface area contributed by atoms with Crippen molar-refractivity contribution in [3.63, 3.8) is 0 Å². The molecule has 0 fully saturated rings. The van der Waals surface area contributed by atoms with Crippen molar-refractivity contribution in [2.45, 2.75) is 30.3 Å². The molecule has 1 aliphatic rings. The minimum atomic E-state index is 0.625. The lowest BCUT2D eigenvalue weighted by Crippen LogP contribution is -2.06. The summed E-state index contributed by atoms with van der Waals surface area (Å²) in [6, 6.07) is 10.4. The Morgan fingerprint density at radius 2 is 2.12 bits per heavy atom. The average Bonchev–Trinajstić information content (AvgIpc) is 2.81. The van der Waals surface area contributed by atoms with E-state index in [4.69, 9.17) is 0 Å². The van der Waals surface area contributed by atoms with Crippen molar-refractivity contribution < 1.29 is 0 Å². The predicted octanol–water partition coefficient (Wildman–Crippen LogP) is 2.36. The van der Waals surface area contributed by atoms with E-state index in [1.165, 1.54) is 5.56 Å². The second-order valence-electron chi connectivity index (χ2n) is 4.10. The van der Waals surface area contributed by atoms with Crippen molar-refractivity contribution in [3.8, 4) is 0 Å². The van der Waals surface area contributed by atoms with Gasteiger partial charge in [0.1, 0.15) is 5.82 Å². The van der Waals surface area contributed by atoms with Crippen molar-refractivity contribution in [2.24, 2.45) is 0 Å². The van der Waals surface area contributed by atoms with Crippen LogP contribution in [0.15, 0.2) is 35.5 Å². The highest BCUT2D eigenvalue weighted by atomic mass is 32.2. The van der Waals surface area contributed by atoms with Crippen LogP contribution in [0.2, 0.25) is 0 Å². The molecule has 0 amide bonds. The van der Waals surface area contributed by atoms with Gasteiger partial charge in [-0.1, -0.05) is 49.0 Å². The lowest BCUT2D eigenvalue weighted by Gasteiger charge is -2.03. The van der Waals surface area contributed by atoms with Gasteiger partial charge in [0, 0.05) is 18.2 Å². The Kier molecular flexibility index (Phi) is 2.44. The fraction of sp³-hybridized carbons (Fsp3) is 0.333. The minimum absolute atomic E-state index is 0.625. The first-order valence-electron chi connectivity index (χ1n) is 5.45. The molecule has 0 N–H and O–H groups in total. The zero-order valence-corrected chi connectivity index (χ0v) is 9.94. The summed E-state index contributed by atoms with van der Waals surface area (Å²) in [6.45, 7) is 3.26. The highest BCUT2D eigenvalue weighted by molar-refractivity contribution is 7.99. The molecule has 1 atom stereocenters. The van der Waals surface area contributed by atoms with Crippen molar-refractivity contribution in [3.05, 3.63) is 41.7 Å². The summed E-state index contributed by atoms with van der Waals surface area (Å²) in [5.74, 6) is 1.08. The van der Waals surface area contributed by atoms with E-state index in [9.17, 15) is 0 Å². The molecule has 0 saturated heterocycles. The van der Waals surface area contributed by atoms with Gasteiger partial charge in [0.25, 0.3) is 0 Å². The molecule has 4 heteroatoms. The number of aromatic nitrogens is 3. The third-order valence-electron chi connectivity index (χ3n) is 2.74. The van der Waals surface area contributed by atoms with Gasteiger partial charge in [-0.2, -0.15) is 0 Å². The highest BCUT2D eigenvalue weighted by Gasteiger charge is 2.23. The van der Waals surface area contributed by atoms with E-state index in [1.54, 1.807) is 0 Å². The van der Waals surface area contributed by atoms with Crippen LogP contribution in [0.1, 0.15) is 18.3 Å². The van der Waals surface area contributed by atoms with Gasteiger partial charge in [0.2, 0.25) is 0 Å². The van der Waals surface area contributed by atoms with E-state index in [0.29, 0.717) is 5.25 Å². The van der Waals surface area contributed by atoms with Crippen LogP contribution in [0.5, 0.6) is 0 Å². The lowest BCUT2D eigenvalue weighted by atomic mass is 10.1. The summed E-state index contributed by atoms with van der Waals surface area (Å²) in [4.78, 5) is 0. The van der Waals surface area contributed by atoms with Crippen LogP contribution in [-0.4, -0.2) is 20.0 Å². The number of benzene rings is 1. The van der Waals surface area contributed by atoms with Gasteiger partial charge >= 0.3 is 0 Å². The summed E-state index contributed by atoms with van der Waals surface area (Å²) in [7, 11) is 0. The maximum Gasteiger partial charge on any atom is 0.191 e. The molecule has 1 aliphatic heterocycles. The number of fused-ring (bicyclic) bond motifs is 1. The third kappa shape index (κ3) is 1.73.